The fourth-order valence-corrected chi connectivity index (χ4v) is 16.3. The average molecular weight is 1730 g/mol. The average Bonchev–Trinajstić information content (AvgIpc) is 1.52. The zero-order valence-electron chi connectivity index (χ0n) is 83.4. The topological polar surface area (TPSA) is 88.7 Å². The summed E-state index contributed by atoms with van der Waals surface area (Å²) in [6.07, 6.45) is 12.2. The van der Waals surface area contributed by atoms with Crippen LogP contribution in [0.2, 0.25) is 10.0 Å². The van der Waals surface area contributed by atoms with Crippen molar-refractivity contribution >= 4 is 46.5 Å². The van der Waals surface area contributed by atoms with Crippen LogP contribution in [0.25, 0.3) is 0 Å². The zero-order valence-corrected chi connectivity index (χ0v) is 85.0. The normalized spacial score (nSPS) is 13.6. The first-order valence-electron chi connectivity index (χ1n) is 47.9. The van der Waals surface area contributed by atoms with Crippen LogP contribution in [-0.4, -0.2) is 31.7 Å². The van der Waals surface area contributed by atoms with E-state index < -0.39 is 0 Å². The van der Waals surface area contributed by atoms with Crippen LogP contribution in [-0.2, 0) is 4.79 Å². The number of carbonyl (C=O) groups is 2. The highest BCUT2D eigenvalue weighted by Gasteiger charge is 2.28. The van der Waals surface area contributed by atoms with Gasteiger partial charge >= 0.3 is 6.03 Å². The molecule has 0 aliphatic heterocycles. The third-order valence-electron chi connectivity index (χ3n) is 23.9. The fraction of sp³-hybridized carbons (Fsp3) is 0.561. The summed E-state index contributed by atoms with van der Waals surface area (Å²) >= 11 is 11.7. The van der Waals surface area contributed by atoms with Gasteiger partial charge in [-0.05, 0) is 319 Å². The lowest BCUT2D eigenvalue weighted by Crippen LogP contribution is -2.30. The van der Waals surface area contributed by atoms with Gasteiger partial charge in [-0.3, -0.25) is 4.79 Å². The van der Waals surface area contributed by atoms with Crippen molar-refractivity contribution in [1.82, 2.24) is 5.32 Å². The smallest absolute Gasteiger partial charge is 0.319 e. The van der Waals surface area contributed by atoms with Crippen molar-refractivity contribution in [2.45, 2.75) is 392 Å². The Labute approximate surface area is 766 Å². The first kappa shape index (κ1) is 107. The van der Waals surface area contributed by atoms with E-state index in [1.807, 2.05) is 44.2 Å². The van der Waals surface area contributed by atoms with Gasteiger partial charge in [0.25, 0.3) is 0 Å². The van der Waals surface area contributed by atoms with Crippen LogP contribution in [0.15, 0.2) is 146 Å². The highest BCUT2D eigenvalue weighted by atomic mass is 35.5. The lowest BCUT2D eigenvalue weighted by atomic mass is 9.88. The minimum absolute atomic E-state index is 0.0884. The molecule has 3 N–H and O–H groups in total. The van der Waals surface area contributed by atoms with Gasteiger partial charge in [-0.1, -0.05) is 336 Å². The van der Waals surface area contributed by atoms with Crippen LogP contribution in [0.4, 0.5) is 20.6 Å². The number of carbonyl (C=O) groups excluding carboxylic acids is 2. The Morgan fingerprint density at radius 3 is 1.06 bits per heavy atom. The van der Waals surface area contributed by atoms with Crippen molar-refractivity contribution in [3.8, 4) is 11.5 Å². The molecular weight excluding hydrogens is 1570 g/mol. The Kier molecular flexibility index (Phi) is 45.1. The summed E-state index contributed by atoms with van der Waals surface area (Å²) in [5, 5.41) is 9.96. The van der Waals surface area contributed by atoms with Crippen LogP contribution in [0.5, 0.6) is 11.5 Å². The molecule has 124 heavy (non-hydrogen) atoms. The van der Waals surface area contributed by atoms with Gasteiger partial charge in [0.2, 0.25) is 5.91 Å². The van der Waals surface area contributed by atoms with E-state index in [-0.39, 0.29) is 28.7 Å². The molecule has 8 aromatic rings. The predicted molar refractivity (Wildman–Crippen MR) is 539 cm³/mol. The summed E-state index contributed by atoms with van der Waals surface area (Å²) < 4.78 is 24.9. The van der Waals surface area contributed by atoms with E-state index in [2.05, 4.69) is 333 Å². The predicted octanol–water partition coefficient (Wildman–Crippen LogP) is 36.0. The van der Waals surface area contributed by atoms with E-state index in [4.69, 9.17) is 32.7 Å². The number of amides is 3. The monoisotopic (exact) mass is 1730 g/mol. The molecule has 0 atom stereocenters. The number of benzene rings is 8. The summed E-state index contributed by atoms with van der Waals surface area (Å²) in [6, 6.07) is 51.5. The number of halogens is 3. The molecule has 4 aliphatic rings. The first-order chi connectivity index (χ1) is 58.3. The zero-order chi connectivity index (χ0) is 92.8. The molecule has 0 radical (unpaired) electrons. The fourth-order valence-electron chi connectivity index (χ4n) is 16.0. The molecule has 0 saturated heterocycles. The molecule has 0 unspecified atom stereocenters. The quantitative estimate of drug-likeness (QED) is 0.0479. The molecule has 7 nitrogen and oxygen atoms in total. The molecule has 4 aliphatic carbocycles. The summed E-state index contributed by atoms with van der Waals surface area (Å²) in [4.78, 5) is 23.6. The number of anilines is 2. The highest BCUT2D eigenvalue weighted by Crippen LogP contribution is 2.43. The van der Waals surface area contributed by atoms with E-state index in [0.717, 1.165) is 70.3 Å². The number of urea groups is 1. The Morgan fingerprint density at radius 2 is 0.685 bits per heavy atom. The molecule has 0 spiro atoms. The maximum Gasteiger partial charge on any atom is 0.319 e. The third-order valence-corrected chi connectivity index (χ3v) is 24.4. The lowest BCUT2D eigenvalue weighted by Gasteiger charge is -2.17. The molecule has 4 saturated carbocycles. The van der Waals surface area contributed by atoms with E-state index in [9.17, 15) is 14.0 Å². The maximum atomic E-state index is 13.7. The van der Waals surface area contributed by atoms with E-state index in [0.29, 0.717) is 107 Å². The molecule has 0 bridgehead atoms. The molecule has 0 aromatic heterocycles. The third kappa shape index (κ3) is 36.0. The van der Waals surface area contributed by atoms with Crippen LogP contribution < -0.4 is 25.4 Å². The Morgan fingerprint density at radius 1 is 0.347 bits per heavy atom. The Bertz CT molecular complexity index is 4420. The van der Waals surface area contributed by atoms with E-state index in [1.165, 1.54) is 117 Å². The second-order valence-corrected chi connectivity index (χ2v) is 41.4. The Hall–Kier alpha value is -7.39. The van der Waals surface area contributed by atoms with Crippen molar-refractivity contribution in [2.75, 3.05) is 24.4 Å². The number of methoxy groups -OCH3 is 1. The number of ether oxygens (including phenoxy) is 2. The molecule has 0 heterocycles. The first-order valence-corrected chi connectivity index (χ1v) is 48.6. The van der Waals surface area contributed by atoms with Crippen LogP contribution in [0.3, 0.4) is 0 Å². The van der Waals surface area contributed by atoms with Gasteiger partial charge in [-0.15, -0.1) is 0 Å². The van der Waals surface area contributed by atoms with Crippen LogP contribution in [0, 0.1) is 17.7 Å². The van der Waals surface area contributed by atoms with Crippen molar-refractivity contribution < 1.29 is 23.5 Å². The van der Waals surface area contributed by atoms with Gasteiger partial charge in [0.05, 0.1) is 18.7 Å². The van der Waals surface area contributed by atoms with Crippen molar-refractivity contribution in [3.63, 3.8) is 0 Å². The summed E-state index contributed by atoms with van der Waals surface area (Å²) in [5.74, 6) is 12.9. The van der Waals surface area contributed by atoms with Gasteiger partial charge in [0.15, 0.2) is 0 Å². The van der Waals surface area contributed by atoms with Gasteiger partial charge < -0.3 is 25.4 Å². The second kappa shape index (κ2) is 52.2. The second-order valence-electron chi connectivity index (χ2n) is 40.5. The lowest BCUT2D eigenvalue weighted by molar-refractivity contribution is -0.116. The minimum atomic E-state index is -0.257. The number of hydrogen-bond donors (Lipinski definition) is 3. The SMILES string of the molecule is CC(C)c1ccc(C2CC2)cc1C(C)C.CC(C)c1ccc(Cl)c(F)c1C(C)C.CC(C)c1ccc(Cl)cc1C(C)C.CC(C)c1ccc(NC(=O)CC2CC2)cc1C(C)C.CC(C)c1ccc(NC(=O)NC2CC2)cc1C(C)C.CC(C)c1ccc(OCCC2CC2)cc1C(C)C.CC(C)c1ccccc1C(C)C.COc1ccc(C(C)C)c(C(C)C)c1. The molecule has 4 fully saturated rings. The standard InChI is InChI=1S/C17H25NO.C17H26O.C16H24N2O.C15H22.C13H20O.C12H16ClF.C12H17Cl.C12H18/c1-11(2)15-8-7-14(10-16(15)12(3)4)18-17(19)9-13-5-6-13;1-12(2)16-8-7-15(11-17(16)13(3)4)18-10-9-14-5-6-14;1-10(2)14-8-7-13(9-15(14)11(3)4)18-16(19)17-12-5-6-12;1-10(2)14-8-7-13(12-5-6-12)9-15(14)11(3)4;1-9(2)12-7-6-11(14-5)8-13(12)10(3)4;1-7(2)9-5-6-10(13)12(14)11(9)8(3)4;1-8(2)11-6-5-10(13)7-12(11)9(3)4;1-9(2)11-7-5-6-8-12(11)10(3)4/h7-8,10-13H,5-6,9H2,1-4H3,(H,18,19);7-8,11-14H,5-6,9-10H2,1-4H3;7-12H,5-6H2,1-4H3,(H2,17,18,19);7-12H,5-6H2,1-4H3;6-10H,1-5H3;5-8H,1-4H3;5-9H,1-4H3;5-10H,1-4H3. The molecule has 12 rings (SSSR count). The summed E-state index contributed by atoms with van der Waals surface area (Å²) in [6.45, 7) is 71.6. The largest absolute Gasteiger partial charge is 0.497 e. The van der Waals surface area contributed by atoms with Crippen molar-refractivity contribution in [3.05, 3.63) is 256 Å². The van der Waals surface area contributed by atoms with Gasteiger partial charge in [-0.25, -0.2) is 9.18 Å². The summed E-state index contributed by atoms with van der Waals surface area (Å²) in [7, 11) is 1.72. The molecule has 684 valence electrons. The molecule has 3 amide bonds. The molecule has 10 heteroatoms. The number of nitrogens with one attached hydrogen (secondary N) is 3. The van der Waals surface area contributed by atoms with Gasteiger partial charge in [-0.2, -0.15) is 0 Å². The van der Waals surface area contributed by atoms with Crippen molar-refractivity contribution in [1.29, 1.82) is 0 Å². The number of rotatable bonds is 27. The van der Waals surface area contributed by atoms with Gasteiger partial charge in [0.1, 0.15) is 17.3 Å². The Balaban J connectivity index is 0.000000253. The molecular formula is C114H168Cl2FN3O4. The number of hydrogen-bond acceptors (Lipinski definition) is 4. The van der Waals surface area contributed by atoms with Crippen LogP contribution >= 0.6 is 23.2 Å². The van der Waals surface area contributed by atoms with Gasteiger partial charge in [0, 0.05) is 28.9 Å². The van der Waals surface area contributed by atoms with E-state index >= 15 is 0 Å². The minimum Gasteiger partial charge on any atom is -0.497 e. The van der Waals surface area contributed by atoms with Crippen molar-refractivity contribution in [2.24, 2.45) is 11.8 Å². The van der Waals surface area contributed by atoms with Crippen LogP contribution in [0.1, 0.15) is 481 Å². The summed E-state index contributed by atoms with van der Waals surface area (Å²) in [5.41, 5.74) is 25.2. The molecule has 8 aromatic carbocycles. The highest BCUT2D eigenvalue weighted by molar-refractivity contribution is 6.31. The van der Waals surface area contributed by atoms with E-state index in [1.54, 1.807) is 24.3 Å². The maximum absolute atomic E-state index is 13.7.